The predicted octanol–water partition coefficient (Wildman–Crippen LogP) is 1.21. The molecule has 1 rings (SSSR count). The Morgan fingerprint density at radius 1 is 1.50 bits per heavy atom. The van der Waals surface area contributed by atoms with Gasteiger partial charge in [0, 0.05) is 12.7 Å². The summed E-state index contributed by atoms with van der Waals surface area (Å²) < 4.78 is 5.20. The molecule has 0 aliphatic carbocycles. The van der Waals surface area contributed by atoms with Crippen LogP contribution < -0.4 is 9.64 Å². The molecule has 1 aromatic carbocycles. The molecule has 0 aliphatic heterocycles. The zero-order valence-corrected chi connectivity index (χ0v) is 9.86. The van der Waals surface area contributed by atoms with Crippen molar-refractivity contribution in [2.24, 2.45) is 0 Å². The molecule has 88 valence electrons. The number of aliphatic hydroxyl groups is 1. The van der Waals surface area contributed by atoms with Crippen LogP contribution in [0.4, 0.5) is 5.69 Å². The van der Waals surface area contributed by atoms with Gasteiger partial charge in [-0.15, -0.1) is 0 Å². The van der Waals surface area contributed by atoms with Gasteiger partial charge in [0.25, 0.3) is 5.91 Å². The lowest BCUT2D eigenvalue weighted by atomic mass is 10.1. The molecule has 0 aromatic heterocycles. The summed E-state index contributed by atoms with van der Waals surface area (Å²) >= 11 is 0. The zero-order chi connectivity index (χ0) is 12.1. The van der Waals surface area contributed by atoms with Gasteiger partial charge in [0.05, 0.1) is 7.11 Å². The monoisotopic (exact) mass is 223 g/mol. The normalized spacial score (nSPS) is 10.0. The van der Waals surface area contributed by atoms with Crippen molar-refractivity contribution in [3.8, 4) is 5.75 Å². The number of amides is 1. The third kappa shape index (κ3) is 2.52. The summed E-state index contributed by atoms with van der Waals surface area (Å²) in [5.41, 5.74) is 1.80. The molecule has 0 atom stereocenters. The highest BCUT2D eigenvalue weighted by Gasteiger charge is 2.11. The van der Waals surface area contributed by atoms with Crippen LogP contribution in [0, 0.1) is 0 Å². The number of rotatable bonds is 4. The molecule has 1 N–H and O–H groups in total. The molecular formula is C12H17NO3. The lowest BCUT2D eigenvalue weighted by Gasteiger charge is -2.18. The molecule has 0 aliphatic rings. The minimum atomic E-state index is -0.482. The van der Waals surface area contributed by atoms with Gasteiger partial charge in [0.1, 0.15) is 12.4 Å². The van der Waals surface area contributed by atoms with Crippen molar-refractivity contribution in [3.05, 3.63) is 23.8 Å². The van der Waals surface area contributed by atoms with E-state index in [1.165, 1.54) is 4.90 Å². The van der Waals surface area contributed by atoms with Crippen LogP contribution in [0.5, 0.6) is 5.75 Å². The lowest BCUT2D eigenvalue weighted by molar-refractivity contribution is -0.120. The molecule has 4 heteroatoms. The highest BCUT2D eigenvalue weighted by molar-refractivity contribution is 5.93. The number of anilines is 1. The fourth-order valence-electron chi connectivity index (χ4n) is 1.50. The first-order chi connectivity index (χ1) is 7.63. The molecule has 0 radical (unpaired) electrons. The van der Waals surface area contributed by atoms with E-state index in [0.29, 0.717) is 0 Å². The molecule has 1 aromatic rings. The van der Waals surface area contributed by atoms with Gasteiger partial charge in [0.15, 0.2) is 0 Å². The first-order valence-electron chi connectivity index (χ1n) is 5.18. The van der Waals surface area contributed by atoms with Crippen LogP contribution in [-0.2, 0) is 11.2 Å². The van der Waals surface area contributed by atoms with Crippen LogP contribution in [0.2, 0.25) is 0 Å². The molecule has 0 spiro atoms. The molecule has 0 heterocycles. The second-order valence-corrected chi connectivity index (χ2v) is 3.46. The van der Waals surface area contributed by atoms with Crippen molar-refractivity contribution in [2.45, 2.75) is 13.3 Å². The molecule has 0 fully saturated rings. The first kappa shape index (κ1) is 12.5. The van der Waals surface area contributed by atoms with Crippen LogP contribution in [0.15, 0.2) is 18.2 Å². The first-order valence-corrected chi connectivity index (χ1v) is 5.18. The number of aryl methyl sites for hydroxylation is 1. The van der Waals surface area contributed by atoms with Gasteiger partial charge in [-0.25, -0.2) is 0 Å². The number of aliphatic hydroxyl groups excluding tert-OH is 1. The van der Waals surface area contributed by atoms with Gasteiger partial charge in [0.2, 0.25) is 0 Å². The Morgan fingerprint density at radius 2 is 2.19 bits per heavy atom. The summed E-state index contributed by atoms with van der Waals surface area (Å²) in [4.78, 5) is 12.7. The Kier molecular flexibility index (Phi) is 4.31. The van der Waals surface area contributed by atoms with E-state index in [0.717, 1.165) is 23.4 Å². The van der Waals surface area contributed by atoms with Crippen molar-refractivity contribution in [3.63, 3.8) is 0 Å². The van der Waals surface area contributed by atoms with E-state index in [2.05, 4.69) is 0 Å². The second-order valence-electron chi connectivity index (χ2n) is 3.46. The summed E-state index contributed by atoms with van der Waals surface area (Å²) in [7, 11) is 3.26. The second kappa shape index (κ2) is 5.51. The molecule has 16 heavy (non-hydrogen) atoms. The molecule has 0 saturated heterocycles. The van der Waals surface area contributed by atoms with Crippen LogP contribution in [0.1, 0.15) is 12.5 Å². The van der Waals surface area contributed by atoms with Crippen molar-refractivity contribution in [1.82, 2.24) is 0 Å². The Bertz CT molecular complexity index is 377. The highest BCUT2D eigenvalue weighted by Crippen LogP contribution is 2.24. The largest absolute Gasteiger partial charge is 0.496 e. The van der Waals surface area contributed by atoms with E-state index in [9.17, 15) is 4.79 Å². The molecular weight excluding hydrogens is 206 g/mol. The summed E-state index contributed by atoms with van der Waals surface area (Å²) in [6.45, 7) is 1.54. The Morgan fingerprint density at radius 3 is 2.69 bits per heavy atom. The third-order valence-electron chi connectivity index (χ3n) is 2.54. The van der Waals surface area contributed by atoms with E-state index < -0.39 is 6.61 Å². The Hall–Kier alpha value is -1.55. The fourth-order valence-corrected chi connectivity index (χ4v) is 1.50. The fraction of sp³-hybridized carbons (Fsp3) is 0.417. The number of nitrogens with zero attached hydrogens (tertiary/aromatic N) is 1. The van der Waals surface area contributed by atoms with E-state index in [1.807, 2.05) is 19.1 Å². The molecule has 4 nitrogen and oxygen atoms in total. The van der Waals surface area contributed by atoms with Gasteiger partial charge >= 0.3 is 0 Å². The number of ether oxygens (including phenoxy) is 1. The SMILES string of the molecule is CCc1cc(N(C)C(=O)CO)ccc1OC. The number of hydrogen-bond donors (Lipinski definition) is 1. The standard InChI is InChI=1S/C12H17NO3/c1-4-9-7-10(5-6-11(9)16-3)13(2)12(15)8-14/h5-7,14H,4,8H2,1-3H3. The number of hydrogen-bond acceptors (Lipinski definition) is 3. The van der Waals surface area contributed by atoms with E-state index >= 15 is 0 Å². The van der Waals surface area contributed by atoms with Gasteiger partial charge in [-0.2, -0.15) is 0 Å². The average Bonchev–Trinajstić information content (AvgIpc) is 2.35. The maximum atomic E-state index is 11.3. The molecule has 1 amide bonds. The Labute approximate surface area is 95.5 Å². The van der Waals surface area contributed by atoms with Crippen LogP contribution in [-0.4, -0.2) is 31.8 Å². The number of carbonyl (C=O) groups excluding carboxylic acids is 1. The summed E-state index contributed by atoms with van der Waals surface area (Å²) in [6, 6.07) is 5.52. The summed E-state index contributed by atoms with van der Waals surface area (Å²) in [5, 5.41) is 8.78. The Balaban J connectivity index is 3.03. The smallest absolute Gasteiger partial charge is 0.252 e. The minimum Gasteiger partial charge on any atom is -0.496 e. The highest BCUT2D eigenvalue weighted by atomic mass is 16.5. The third-order valence-corrected chi connectivity index (χ3v) is 2.54. The quantitative estimate of drug-likeness (QED) is 0.834. The maximum Gasteiger partial charge on any atom is 0.252 e. The number of methoxy groups -OCH3 is 1. The van der Waals surface area contributed by atoms with E-state index in [1.54, 1.807) is 20.2 Å². The van der Waals surface area contributed by atoms with Gasteiger partial charge in [-0.3, -0.25) is 4.79 Å². The van der Waals surface area contributed by atoms with Gasteiger partial charge < -0.3 is 14.7 Å². The number of benzene rings is 1. The molecule has 0 saturated carbocycles. The van der Waals surface area contributed by atoms with Crippen LogP contribution in [0.25, 0.3) is 0 Å². The zero-order valence-electron chi connectivity index (χ0n) is 9.86. The summed E-state index contributed by atoms with van der Waals surface area (Å²) in [5.74, 6) is 0.489. The van der Waals surface area contributed by atoms with Gasteiger partial charge in [-0.1, -0.05) is 6.92 Å². The van der Waals surface area contributed by atoms with Crippen molar-refractivity contribution >= 4 is 11.6 Å². The number of likely N-dealkylation sites (N-methyl/N-ethyl adjacent to an activating group) is 1. The molecule has 0 bridgehead atoms. The molecule has 0 unspecified atom stereocenters. The summed E-state index contributed by atoms with van der Waals surface area (Å²) in [6.07, 6.45) is 0.832. The van der Waals surface area contributed by atoms with Crippen LogP contribution >= 0.6 is 0 Å². The van der Waals surface area contributed by atoms with Crippen LogP contribution in [0.3, 0.4) is 0 Å². The van der Waals surface area contributed by atoms with E-state index in [-0.39, 0.29) is 5.91 Å². The minimum absolute atomic E-state index is 0.327. The van der Waals surface area contributed by atoms with Crippen molar-refractivity contribution in [1.29, 1.82) is 0 Å². The average molecular weight is 223 g/mol. The predicted molar refractivity (Wildman–Crippen MR) is 62.9 cm³/mol. The lowest BCUT2D eigenvalue weighted by Crippen LogP contribution is -2.28. The number of carbonyl (C=O) groups is 1. The van der Waals surface area contributed by atoms with Gasteiger partial charge in [-0.05, 0) is 30.2 Å². The topological polar surface area (TPSA) is 49.8 Å². The van der Waals surface area contributed by atoms with Crippen molar-refractivity contribution < 1.29 is 14.6 Å². The maximum absolute atomic E-state index is 11.3. The van der Waals surface area contributed by atoms with E-state index in [4.69, 9.17) is 9.84 Å². The van der Waals surface area contributed by atoms with Crippen molar-refractivity contribution in [2.75, 3.05) is 25.7 Å².